The highest BCUT2D eigenvalue weighted by Gasteiger charge is 2.21. The van der Waals surface area contributed by atoms with Gasteiger partial charge in [-0.2, -0.15) is 0 Å². The topological polar surface area (TPSA) is 58.4 Å². The minimum absolute atomic E-state index is 0. The zero-order valence-electron chi connectivity index (χ0n) is 15.4. The monoisotopic (exact) mass is 463 g/mol. The lowest BCUT2D eigenvalue weighted by Gasteiger charge is -2.32. The largest absolute Gasteiger partial charge is 0.399 e. The molecular weight excluding hydrogens is 440 g/mol. The molecule has 0 aromatic heterocycles. The van der Waals surface area contributed by atoms with Crippen LogP contribution in [0, 0.1) is 0 Å². The number of piperidine rings is 1. The van der Waals surface area contributed by atoms with E-state index in [0.717, 1.165) is 43.6 Å². The van der Waals surface area contributed by atoms with Crippen molar-refractivity contribution in [2.45, 2.75) is 31.8 Å². The molecule has 2 aromatic carbocycles. The minimum Gasteiger partial charge on any atom is -0.399 e. The number of hydrogen-bond acceptors (Lipinski definition) is 3. The first-order chi connectivity index (χ1) is 12.5. The molecule has 0 unspecified atom stereocenters. The number of rotatable bonds is 5. The van der Waals surface area contributed by atoms with Gasteiger partial charge in [-0.05, 0) is 48.2 Å². The number of nitrogens with one attached hydrogen (secondary N) is 1. The third kappa shape index (κ3) is 7.34. The maximum Gasteiger partial charge on any atom is 0.224 e. The molecule has 0 atom stereocenters. The molecule has 0 aliphatic carbocycles. The van der Waals surface area contributed by atoms with Crippen LogP contribution in [-0.4, -0.2) is 29.9 Å². The van der Waals surface area contributed by atoms with Crippen molar-refractivity contribution in [1.29, 1.82) is 0 Å². The Balaban J connectivity index is 0.00000196. The molecule has 1 aliphatic heterocycles. The molecule has 3 rings (SSSR count). The number of nitrogen functional groups attached to an aromatic ring is 1. The Labute approximate surface area is 188 Å². The highest BCUT2D eigenvalue weighted by molar-refractivity contribution is 6.42. The molecule has 0 bridgehead atoms. The highest BCUT2D eigenvalue weighted by atomic mass is 35.5. The lowest BCUT2D eigenvalue weighted by atomic mass is 10.0. The summed E-state index contributed by atoms with van der Waals surface area (Å²) < 4.78 is 0. The third-order valence-electron chi connectivity index (χ3n) is 4.69. The van der Waals surface area contributed by atoms with Gasteiger partial charge in [0.2, 0.25) is 5.91 Å². The SMILES string of the molecule is Cl.Cl.Nc1ccc(CC(=O)NC2CCN(Cc3ccc(Cl)c(Cl)c3)CC2)cc1. The first-order valence-electron chi connectivity index (χ1n) is 8.79. The lowest BCUT2D eigenvalue weighted by molar-refractivity contribution is -0.121. The number of carbonyl (C=O) groups excluding carboxylic acids is 1. The van der Waals surface area contributed by atoms with Crippen LogP contribution < -0.4 is 11.1 Å². The number of hydrogen-bond donors (Lipinski definition) is 2. The molecular formula is C20H25Cl4N3O. The predicted octanol–water partition coefficient (Wildman–Crippen LogP) is 4.74. The van der Waals surface area contributed by atoms with Gasteiger partial charge in [-0.15, -0.1) is 24.8 Å². The molecule has 4 nitrogen and oxygen atoms in total. The summed E-state index contributed by atoms with van der Waals surface area (Å²) >= 11 is 12.0. The van der Waals surface area contributed by atoms with Crippen LogP contribution in [0.15, 0.2) is 42.5 Å². The van der Waals surface area contributed by atoms with Crippen LogP contribution in [0.5, 0.6) is 0 Å². The van der Waals surface area contributed by atoms with E-state index in [2.05, 4.69) is 10.2 Å². The quantitative estimate of drug-likeness (QED) is 0.628. The molecule has 2 aromatic rings. The van der Waals surface area contributed by atoms with Crippen molar-refractivity contribution in [2.24, 2.45) is 0 Å². The van der Waals surface area contributed by atoms with Gasteiger partial charge in [-0.1, -0.05) is 41.4 Å². The van der Waals surface area contributed by atoms with E-state index in [4.69, 9.17) is 28.9 Å². The highest BCUT2D eigenvalue weighted by Crippen LogP contribution is 2.24. The fourth-order valence-corrected chi connectivity index (χ4v) is 3.55. The van der Waals surface area contributed by atoms with Gasteiger partial charge in [0.25, 0.3) is 0 Å². The zero-order chi connectivity index (χ0) is 18.5. The predicted molar refractivity (Wildman–Crippen MR) is 122 cm³/mol. The van der Waals surface area contributed by atoms with E-state index in [1.807, 2.05) is 42.5 Å². The Morgan fingerprint density at radius 3 is 2.21 bits per heavy atom. The molecule has 0 radical (unpaired) electrons. The van der Waals surface area contributed by atoms with Gasteiger partial charge < -0.3 is 11.1 Å². The lowest BCUT2D eigenvalue weighted by Crippen LogP contribution is -2.44. The van der Waals surface area contributed by atoms with Gasteiger partial charge >= 0.3 is 0 Å². The van der Waals surface area contributed by atoms with E-state index in [1.165, 1.54) is 0 Å². The van der Waals surface area contributed by atoms with Crippen LogP contribution in [-0.2, 0) is 17.8 Å². The molecule has 28 heavy (non-hydrogen) atoms. The number of benzene rings is 2. The van der Waals surface area contributed by atoms with Crippen LogP contribution >= 0.6 is 48.0 Å². The molecule has 1 amide bonds. The molecule has 154 valence electrons. The second-order valence-corrected chi connectivity index (χ2v) is 7.60. The first kappa shape index (κ1) is 24.9. The Morgan fingerprint density at radius 1 is 1.00 bits per heavy atom. The second-order valence-electron chi connectivity index (χ2n) is 6.78. The number of nitrogens with zero attached hydrogens (tertiary/aromatic N) is 1. The molecule has 3 N–H and O–H groups in total. The van der Waals surface area contributed by atoms with E-state index in [1.54, 1.807) is 0 Å². The number of halogens is 4. The normalized spacial score (nSPS) is 14.6. The number of amides is 1. The Kier molecular flexibility index (Phi) is 10.4. The van der Waals surface area contributed by atoms with E-state index in [0.29, 0.717) is 22.2 Å². The van der Waals surface area contributed by atoms with Gasteiger partial charge in [0.05, 0.1) is 16.5 Å². The number of carbonyl (C=O) groups is 1. The summed E-state index contributed by atoms with van der Waals surface area (Å²) in [6, 6.07) is 13.4. The van der Waals surface area contributed by atoms with Crippen LogP contribution in [0.25, 0.3) is 0 Å². The summed E-state index contributed by atoms with van der Waals surface area (Å²) in [7, 11) is 0. The Morgan fingerprint density at radius 2 is 1.61 bits per heavy atom. The summed E-state index contributed by atoms with van der Waals surface area (Å²) in [5.41, 5.74) is 8.52. The maximum absolute atomic E-state index is 12.2. The summed E-state index contributed by atoms with van der Waals surface area (Å²) in [4.78, 5) is 14.6. The van der Waals surface area contributed by atoms with E-state index in [-0.39, 0.29) is 36.8 Å². The Bertz CT molecular complexity index is 763. The van der Waals surface area contributed by atoms with Crippen molar-refractivity contribution >= 4 is 59.6 Å². The van der Waals surface area contributed by atoms with Crippen molar-refractivity contribution in [3.8, 4) is 0 Å². The molecule has 0 spiro atoms. The molecule has 0 saturated carbocycles. The first-order valence-corrected chi connectivity index (χ1v) is 9.55. The summed E-state index contributed by atoms with van der Waals surface area (Å²) in [6.07, 6.45) is 2.30. The minimum atomic E-state index is 0. The number of nitrogens with two attached hydrogens (primary N) is 1. The molecule has 1 fully saturated rings. The van der Waals surface area contributed by atoms with Gasteiger partial charge in [-0.3, -0.25) is 9.69 Å². The van der Waals surface area contributed by atoms with Crippen LogP contribution in [0.4, 0.5) is 5.69 Å². The van der Waals surface area contributed by atoms with Crippen molar-refractivity contribution in [3.05, 3.63) is 63.6 Å². The van der Waals surface area contributed by atoms with Gasteiger partial charge in [0.1, 0.15) is 0 Å². The number of likely N-dealkylation sites (tertiary alicyclic amines) is 1. The second kappa shape index (κ2) is 11.7. The number of anilines is 1. The molecule has 1 heterocycles. The average Bonchev–Trinajstić information content (AvgIpc) is 2.62. The van der Waals surface area contributed by atoms with Crippen LogP contribution in [0.1, 0.15) is 24.0 Å². The van der Waals surface area contributed by atoms with Crippen molar-refractivity contribution in [2.75, 3.05) is 18.8 Å². The fraction of sp³-hybridized carbons (Fsp3) is 0.350. The zero-order valence-corrected chi connectivity index (χ0v) is 18.5. The van der Waals surface area contributed by atoms with Gasteiger partial charge in [0.15, 0.2) is 0 Å². The fourth-order valence-electron chi connectivity index (χ4n) is 3.23. The van der Waals surface area contributed by atoms with E-state index >= 15 is 0 Å². The molecule has 8 heteroatoms. The Hall–Kier alpha value is -1.17. The van der Waals surface area contributed by atoms with Crippen molar-refractivity contribution in [1.82, 2.24) is 10.2 Å². The molecule has 1 aliphatic rings. The van der Waals surface area contributed by atoms with Crippen molar-refractivity contribution < 1.29 is 4.79 Å². The maximum atomic E-state index is 12.2. The van der Waals surface area contributed by atoms with E-state index in [9.17, 15) is 4.79 Å². The van der Waals surface area contributed by atoms with Crippen LogP contribution in [0.2, 0.25) is 10.0 Å². The average molecular weight is 465 g/mol. The summed E-state index contributed by atoms with van der Waals surface area (Å²) in [5.74, 6) is 0.0673. The standard InChI is InChI=1S/C20H23Cl2N3O.2ClH/c21-18-6-3-15(11-19(18)22)13-25-9-7-17(8-10-25)24-20(26)12-14-1-4-16(23)5-2-14;;/h1-6,11,17H,7-10,12-13,23H2,(H,24,26);2*1H. The van der Waals surface area contributed by atoms with Gasteiger partial charge in [0, 0.05) is 31.4 Å². The smallest absolute Gasteiger partial charge is 0.224 e. The van der Waals surface area contributed by atoms with Crippen molar-refractivity contribution in [3.63, 3.8) is 0 Å². The molecule has 1 saturated heterocycles. The summed E-state index contributed by atoms with van der Waals surface area (Å²) in [6.45, 7) is 2.75. The third-order valence-corrected chi connectivity index (χ3v) is 5.43. The summed E-state index contributed by atoms with van der Waals surface area (Å²) in [5, 5.41) is 4.32. The van der Waals surface area contributed by atoms with Crippen LogP contribution in [0.3, 0.4) is 0 Å². The van der Waals surface area contributed by atoms with Gasteiger partial charge in [-0.25, -0.2) is 0 Å². The van der Waals surface area contributed by atoms with E-state index < -0.39 is 0 Å².